The summed E-state index contributed by atoms with van der Waals surface area (Å²) >= 11 is 0. The van der Waals surface area contributed by atoms with Crippen molar-refractivity contribution in [2.45, 2.75) is 25.7 Å². The van der Waals surface area contributed by atoms with E-state index in [9.17, 15) is 4.79 Å². The largest absolute Gasteiger partial charge is 0.322 e. The van der Waals surface area contributed by atoms with Gasteiger partial charge in [-0.1, -0.05) is 49.4 Å². The van der Waals surface area contributed by atoms with Crippen molar-refractivity contribution in [2.24, 2.45) is 0 Å². The Bertz CT molecular complexity index is 917. The van der Waals surface area contributed by atoms with Crippen LogP contribution in [0.4, 0.5) is 0 Å². The molecule has 0 fully saturated rings. The average Bonchev–Trinajstić information content (AvgIpc) is 2.58. The van der Waals surface area contributed by atoms with Crippen LogP contribution < -0.4 is 5.56 Å². The fourth-order valence-corrected chi connectivity index (χ4v) is 2.81. The highest BCUT2D eigenvalue weighted by Gasteiger charge is 2.08. The van der Waals surface area contributed by atoms with Crippen LogP contribution in [0.3, 0.4) is 0 Å². The summed E-state index contributed by atoms with van der Waals surface area (Å²) in [6.07, 6.45) is 1.39. The molecule has 0 saturated carbocycles. The van der Waals surface area contributed by atoms with Crippen molar-refractivity contribution in [1.29, 1.82) is 5.26 Å². The number of hydrogen-bond donors (Lipinski definition) is 1. The zero-order valence-corrected chi connectivity index (χ0v) is 13.0. The van der Waals surface area contributed by atoms with Crippen molar-refractivity contribution in [1.82, 2.24) is 4.98 Å². The zero-order valence-electron chi connectivity index (χ0n) is 13.0. The van der Waals surface area contributed by atoms with E-state index in [-0.39, 0.29) is 11.5 Å². The van der Waals surface area contributed by atoms with Crippen molar-refractivity contribution in [3.05, 3.63) is 81.6 Å². The van der Waals surface area contributed by atoms with Gasteiger partial charge in [-0.2, -0.15) is 5.26 Å². The summed E-state index contributed by atoms with van der Waals surface area (Å²) in [7, 11) is 0. The van der Waals surface area contributed by atoms with Gasteiger partial charge in [0.25, 0.3) is 5.56 Å². The Morgan fingerprint density at radius 2 is 1.87 bits per heavy atom. The van der Waals surface area contributed by atoms with Gasteiger partial charge in [0, 0.05) is 17.5 Å². The number of nitrogens with zero attached hydrogens (tertiary/aromatic N) is 1. The van der Waals surface area contributed by atoms with Crippen LogP contribution in [-0.2, 0) is 6.42 Å². The molecule has 1 heterocycles. The van der Waals surface area contributed by atoms with Crippen molar-refractivity contribution in [3.8, 4) is 6.07 Å². The molecule has 1 atom stereocenters. The monoisotopic (exact) mass is 302 g/mol. The molecule has 0 amide bonds. The van der Waals surface area contributed by atoms with Crippen molar-refractivity contribution in [3.63, 3.8) is 0 Å². The molecule has 0 aliphatic rings. The van der Waals surface area contributed by atoms with Gasteiger partial charge in [0.1, 0.15) is 0 Å². The summed E-state index contributed by atoms with van der Waals surface area (Å²) in [6.45, 7) is 2.01. The molecule has 23 heavy (non-hydrogen) atoms. The fourth-order valence-electron chi connectivity index (χ4n) is 2.81. The topological polar surface area (TPSA) is 56.6 Å². The number of para-hydroxylation sites is 1. The molecular weight excluding hydrogens is 284 g/mol. The first-order valence-electron chi connectivity index (χ1n) is 7.80. The van der Waals surface area contributed by atoms with Crippen LogP contribution in [0.2, 0.25) is 0 Å². The van der Waals surface area contributed by atoms with E-state index in [1.54, 1.807) is 0 Å². The average molecular weight is 302 g/mol. The Morgan fingerprint density at radius 3 is 2.57 bits per heavy atom. The lowest BCUT2D eigenvalue weighted by Gasteiger charge is -2.08. The van der Waals surface area contributed by atoms with Gasteiger partial charge in [-0.25, -0.2) is 0 Å². The summed E-state index contributed by atoms with van der Waals surface area (Å²) in [5.74, 6) is -0.0619. The number of nitriles is 1. The second-order valence-corrected chi connectivity index (χ2v) is 5.72. The Balaban J connectivity index is 1.89. The Morgan fingerprint density at radius 1 is 1.13 bits per heavy atom. The summed E-state index contributed by atoms with van der Waals surface area (Å²) in [5, 5.41) is 10.2. The van der Waals surface area contributed by atoms with Crippen LogP contribution >= 0.6 is 0 Å². The first-order valence-corrected chi connectivity index (χ1v) is 7.80. The standard InChI is InChI=1S/C20H18N2O/c1-2-15(13-21)16-9-7-14(8-10-16)11-18-12-17-5-3-4-6-19(17)22-20(18)23/h3-10,12,15H,2,11H2,1H3,(H,22,23). The maximum absolute atomic E-state index is 12.2. The third-order valence-electron chi connectivity index (χ3n) is 4.17. The van der Waals surface area contributed by atoms with Crippen molar-refractivity contribution in [2.75, 3.05) is 0 Å². The maximum atomic E-state index is 12.2. The normalized spacial score (nSPS) is 12.0. The van der Waals surface area contributed by atoms with Gasteiger partial charge in [0.05, 0.1) is 12.0 Å². The van der Waals surface area contributed by atoms with Crippen LogP contribution in [-0.4, -0.2) is 4.98 Å². The van der Waals surface area contributed by atoms with Gasteiger partial charge in [-0.15, -0.1) is 0 Å². The second kappa shape index (κ2) is 6.50. The van der Waals surface area contributed by atoms with E-state index >= 15 is 0 Å². The summed E-state index contributed by atoms with van der Waals surface area (Å²) < 4.78 is 0. The highest BCUT2D eigenvalue weighted by atomic mass is 16.1. The van der Waals surface area contributed by atoms with E-state index < -0.39 is 0 Å². The van der Waals surface area contributed by atoms with Crippen molar-refractivity contribution < 1.29 is 0 Å². The van der Waals surface area contributed by atoms with Gasteiger partial charge in [0.2, 0.25) is 0 Å². The quantitative estimate of drug-likeness (QED) is 0.787. The molecule has 3 rings (SSSR count). The Kier molecular flexibility index (Phi) is 4.25. The summed E-state index contributed by atoms with van der Waals surface area (Å²) in [6, 6.07) is 20.0. The van der Waals surface area contributed by atoms with E-state index in [1.165, 1.54) is 0 Å². The number of hydrogen-bond acceptors (Lipinski definition) is 2. The highest BCUT2D eigenvalue weighted by molar-refractivity contribution is 5.78. The van der Waals surface area contributed by atoms with E-state index in [0.717, 1.165) is 34.0 Å². The highest BCUT2D eigenvalue weighted by Crippen LogP contribution is 2.20. The molecule has 114 valence electrons. The van der Waals surface area contributed by atoms with Gasteiger partial charge in [-0.3, -0.25) is 4.79 Å². The van der Waals surface area contributed by atoms with Gasteiger partial charge >= 0.3 is 0 Å². The van der Waals surface area contributed by atoms with Crippen LogP contribution in [0.5, 0.6) is 0 Å². The lowest BCUT2D eigenvalue weighted by molar-refractivity contribution is 0.817. The number of aromatic nitrogens is 1. The summed E-state index contributed by atoms with van der Waals surface area (Å²) in [4.78, 5) is 15.1. The molecule has 3 nitrogen and oxygen atoms in total. The molecule has 3 aromatic rings. The van der Waals surface area contributed by atoms with Crippen LogP contribution in [0.25, 0.3) is 10.9 Å². The zero-order chi connectivity index (χ0) is 16.2. The Hall–Kier alpha value is -2.86. The maximum Gasteiger partial charge on any atom is 0.251 e. The molecule has 1 unspecified atom stereocenters. The van der Waals surface area contributed by atoms with Gasteiger partial charge in [0.15, 0.2) is 0 Å². The lowest BCUT2D eigenvalue weighted by atomic mass is 9.95. The molecule has 1 N–H and O–H groups in total. The van der Waals surface area contributed by atoms with E-state index in [1.807, 2.05) is 61.5 Å². The molecule has 0 bridgehead atoms. The molecule has 2 aromatic carbocycles. The molecule has 0 aliphatic heterocycles. The van der Waals surface area contributed by atoms with Gasteiger partial charge in [-0.05, 0) is 35.1 Å². The minimum atomic E-state index is -0.0619. The van der Waals surface area contributed by atoms with E-state index in [4.69, 9.17) is 5.26 Å². The minimum Gasteiger partial charge on any atom is -0.322 e. The molecular formula is C20H18N2O. The SMILES string of the molecule is CCC(C#N)c1ccc(Cc2cc3ccccc3[nH]c2=O)cc1. The number of benzene rings is 2. The van der Waals surface area contributed by atoms with Crippen LogP contribution in [0, 0.1) is 11.3 Å². The van der Waals surface area contributed by atoms with E-state index in [2.05, 4.69) is 11.1 Å². The minimum absolute atomic E-state index is 0.0452. The molecule has 0 radical (unpaired) electrons. The predicted octanol–water partition coefficient (Wildman–Crippen LogP) is 4.14. The predicted molar refractivity (Wildman–Crippen MR) is 92.5 cm³/mol. The lowest BCUT2D eigenvalue weighted by Crippen LogP contribution is -2.12. The number of H-pyrrole nitrogens is 1. The number of nitrogens with one attached hydrogen (secondary N) is 1. The molecule has 3 heteroatoms. The number of pyridine rings is 1. The number of rotatable bonds is 4. The molecule has 0 saturated heterocycles. The Labute approximate surface area is 135 Å². The number of fused-ring (bicyclic) bond motifs is 1. The first kappa shape index (κ1) is 15.1. The van der Waals surface area contributed by atoms with Crippen LogP contribution in [0.15, 0.2) is 59.4 Å². The molecule has 0 spiro atoms. The second-order valence-electron chi connectivity index (χ2n) is 5.72. The molecule has 0 aliphatic carbocycles. The van der Waals surface area contributed by atoms with E-state index in [0.29, 0.717) is 6.42 Å². The summed E-state index contributed by atoms with van der Waals surface area (Å²) in [5.41, 5.74) is 3.67. The number of aromatic amines is 1. The smallest absolute Gasteiger partial charge is 0.251 e. The van der Waals surface area contributed by atoms with Crippen molar-refractivity contribution >= 4 is 10.9 Å². The van der Waals surface area contributed by atoms with Gasteiger partial charge < -0.3 is 4.98 Å². The third-order valence-corrected chi connectivity index (χ3v) is 4.17. The van der Waals surface area contributed by atoms with Crippen LogP contribution in [0.1, 0.15) is 36.0 Å². The fraction of sp³-hybridized carbons (Fsp3) is 0.200. The third kappa shape index (κ3) is 3.17. The first-order chi connectivity index (χ1) is 11.2. The molecule has 1 aromatic heterocycles.